The van der Waals surface area contributed by atoms with E-state index in [-0.39, 0.29) is 0 Å². The number of aromatic nitrogens is 1. The van der Waals surface area contributed by atoms with Crippen molar-refractivity contribution in [2.24, 2.45) is 5.92 Å². The summed E-state index contributed by atoms with van der Waals surface area (Å²) < 4.78 is 1.06. The molecule has 14 heavy (non-hydrogen) atoms. The number of hydrogen-bond acceptors (Lipinski definition) is 2. The van der Waals surface area contributed by atoms with Gasteiger partial charge in [-0.25, -0.2) is 0 Å². The van der Waals surface area contributed by atoms with E-state index in [2.05, 4.69) is 39.2 Å². The van der Waals surface area contributed by atoms with Gasteiger partial charge >= 0.3 is 0 Å². The smallest absolute Gasteiger partial charge is 0.0410 e. The fourth-order valence-corrected chi connectivity index (χ4v) is 1.96. The first-order chi connectivity index (χ1) is 6.76. The van der Waals surface area contributed by atoms with Crippen molar-refractivity contribution < 1.29 is 0 Å². The molecule has 0 aliphatic carbocycles. The number of nitrogens with zero attached hydrogens (tertiary/aromatic N) is 1. The molecule has 1 N–H and O–H groups in total. The van der Waals surface area contributed by atoms with Crippen LogP contribution in [0, 0.1) is 5.92 Å². The average Bonchev–Trinajstić information content (AvgIpc) is 2.17. The normalized spacial score (nSPS) is 12.8. The molecule has 2 nitrogen and oxygen atoms in total. The Hall–Kier alpha value is -0.410. The zero-order chi connectivity index (χ0) is 10.4. The Balaban J connectivity index is 2.57. The molecule has 0 fully saturated rings. The zero-order valence-corrected chi connectivity index (χ0v) is 10.3. The van der Waals surface area contributed by atoms with Gasteiger partial charge in [0.1, 0.15) is 0 Å². The summed E-state index contributed by atoms with van der Waals surface area (Å²) in [5.41, 5.74) is 1.31. The minimum absolute atomic E-state index is 0.705. The summed E-state index contributed by atoms with van der Waals surface area (Å²) in [6.07, 6.45) is 6.07. The molecule has 3 heteroatoms. The van der Waals surface area contributed by atoms with Gasteiger partial charge in [0.15, 0.2) is 0 Å². The summed E-state index contributed by atoms with van der Waals surface area (Å²) in [6, 6.07) is 2.14. The fraction of sp³-hybridized carbons (Fsp3) is 0.545. The predicted molar refractivity (Wildman–Crippen MR) is 63.3 cm³/mol. The maximum Gasteiger partial charge on any atom is 0.0410 e. The molecule has 0 radical (unpaired) electrons. The summed E-state index contributed by atoms with van der Waals surface area (Å²) in [6.45, 7) is 3.30. The summed E-state index contributed by atoms with van der Waals surface area (Å²) in [7, 11) is 2.00. The van der Waals surface area contributed by atoms with Crippen LogP contribution in [0.5, 0.6) is 0 Å². The minimum Gasteiger partial charge on any atom is -0.319 e. The second-order valence-corrected chi connectivity index (χ2v) is 4.46. The van der Waals surface area contributed by atoms with E-state index >= 15 is 0 Å². The van der Waals surface area contributed by atoms with Crippen molar-refractivity contribution in [2.75, 3.05) is 13.6 Å². The van der Waals surface area contributed by atoms with E-state index in [1.165, 1.54) is 12.0 Å². The molecular formula is C11H17BrN2. The van der Waals surface area contributed by atoms with Crippen molar-refractivity contribution >= 4 is 15.9 Å². The summed E-state index contributed by atoms with van der Waals surface area (Å²) in [4.78, 5) is 4.16. The fourth-order valence-electron chi connectivity index (χ4n) is 1.55. The third-order valence-electron chi connectivity index (χ3n) is 2.36. The van der Waals surface area contributed by atoms with Crippen molar-refractivity contribution in [1.29, 1.82) is 0 Å². The predicted octanol–water partition coefficient (Wildman–Crippen LogP) is 2.63. The van der Waals surface area contributed by atoms with E-state index in [1.54, 1.807) is 0 Å². The summed E-state index contributed by atoms with van der Waals surface area (Å²) in [5, 5.41) is 3.22. The lowest BCUT2D eigenvalue weighted by Gasteiger charge is -2.13. The van der Waals surface area contributed by atoms with Crippen LogP contribution in [0.3, 0.4) is 0 Å². The lowest BCUT2D eigenvalue weighted by atomic mass is 9.98. The SMILES string of the molecule is CCC(CNC)Cc1cncc(Br)c1. The lowest BCUT2D eigenvalue weighted by molar-refractivity contribution is 0.480. The summed E-state index contributed by atoms with van der Waals surface area (Å²) in [5.74, 6) is 0.705. The third kappa shape index (κ3) is 3.76. The minimum atomic E-state index is 0.705. The van der Waals surface area contributed by atoms with E-state index in [1.807, 2.05) is 19.4 Å². The highest BCUT2D eigenvalue weighted by atomic mass is 79.9. The van der Waals surface area contributed by atoms with Gasteiger partial charge in [0.05, 0.1) is 0 Å². The molecule has 1 unspecified atom stereocenters. The first-order valence-corrected chi connectivity index (χ1v) is 5.79. The molecule has 1 aromatic heterocycles. The zero-order valence-electron chi connectivity index (χ0n) is 8.76. The van der Waals surface area contributed by atoms with E-state index in [0.717, 1.165) is 17.4 Å². The van der Waals surface area contributed by atoms with Crippen LogP contribution in [-0.2, 0) is 6.42 Å². The average molecular weight is 257 g/mol. The van der Waals surface area contributed by atoms with Gasteiger partial charge in [0.2, 0.25) is 0 Å². The van der Waals surface area contributed by atoms with Crippen LogP contribution in [0.4, 0.5) is 0 Å². The second kappa shape index (κ2) is 6.14. The van der Waals surface area contributed by atoms with E-state index in [9.17, 15) is 0 Å². The Morgan fingerprint density at radius 1 is 1.50 bits per heavy atom. The maximum atomic E-state index is 4.16. The molecule has 0 spiro atoms. The number of halogens is 1. The largest absolute Gasteiger partial charge is 0.319 e. The highest BCUT2D eigenvalue weighted by Crippen LogP contribution is 2.14. The Morgan fingerprint density at radius 2 is 2.29 bits per heavy atom. The van der Waals surface area contributed by atoms with Crippen molar-refractivity contribution in [3.8, 4) is 0 Å². The number of pyridine rings is 1. The van der Waals surface area contributed by atoms with Gasteiger partial charge in [-0.3, -0.25) is 4.98 Å². The Kier molecular flexibility index (Phi) is 5.12. The molecule has 0 aromatic carbocycles. The first-order valence-electron chi connectivity index (χ1n) is 5.00. The molecule has 0 aliphatic heterocycles. The third-order valence-corrected chi connectivity index (χ3v) is 2.79. The van der Waals surface area contributed by atoms with Crippen LogP contribution in [0.25, 0.3) is 0 Å². The molecule has 1 rings (SSSR count). The van der Waals surface area contributed by atoms with Crippen molar-refractivity contribution in [1.82, 2.24) is 10.3 Å². The van der Waals surface area contributed by atoms with Gasteiger partial charge in [-0.05, 0) is 53.5 Å². The molecular weight excluding hydrogens is 240 g/mol. The van der Waals surface area contributed by atoms with Gasteiger partial charge in [-0.15, -0.1) is 0 Å². The van der Waals surface area contributed by atoms with Gasteiger partial charge in [0, 0.05) is 16.9 Å². The molecule has 0 saturated carbocycles. The van der Waals surface area contributed by atoms with Crippen LogP contribution in [0.1, 0.15) is 18.9 Å². The van der Waals surface area contributed by atoms with Crippen molar-refractivity contribution in [3.05, 3.63) is 28.5 Å². The quantitative estimate of drug-likeness (QED) is 0.877. The van der Waals surface area contributed by atoms with E-state index in [0.29, 0.717) is 5.92 Å². The second-order valence-electron chi connectivity index (χ2n) is 3.55. The molecule has 0 aliphatic rings. The molecule has 0 bridgehead atoms. The molecule has 1 heterocycles. The van der Waals surface area contributed by atoms with Gasteiger partial charge in [-0.1, -0.05) is 13.3 Å². The van der Waals surface area contributed by atoms with Crippen LogP contribution < -0.4 is 5.32 Å². The molecule has 0 saturated heterocycles. The molecule has 1 atom stereocenters. The van der Waals surface area contributed by atoms with E-state index in [4.69, 9.17) is 0 Å². The highest BCUT2D eigenvalue weighted by molar-refractivity contribution is 9.10. The van der Waals surface area contributed by atoms with Crippen LogP contribution in [-0.4, -0.2) is 18.6 Å². The van der Waals surface area contributed by atoms with Crippen molar-refractivity contribution in [2.45, 2.75) is 19.8 Å². The molecule has 78 valence electrons. The Morgan fingerprint density at radius 3 is 2.86 bits per heavy atom. The number of hydrogen-bond donors (Lipinski definition) is 1. The monoisotopic (exact) mass is 256 g/mol. The lowest BCUT2D eigenvalue weighted by Crippen LogP contribution is -2.20. The standard InChI is InChI=1S/C11H17BrN2/c1-3-9(6-13-2)4-10-5-11(12)8-14-7-10/h5,7-9,13H,3-4,6H2,1-2H3. The van der Waals surface area contributed by atoms with Gasteiger partial charge in [-0.2, -0.15) is 0 Å². The first kappa shape index (κ1) is 11.7. The molecule has 1 aromatic rings. The Bertz CT molecular complexity index is 276. The van der Waals surface area contributed by atoms with Gasteiger partial charge in [0.25, 0.3) is 0 Å². The number of rotatable bonds is 5. The van der Waals surface area contributed by atoms with Gasteiger partial charge < -0.3 is 5.32 Å². The van der Waals surface area contributed by atoms with Crippen LogP contribution in [0.15, 0.2) is 22.9 Å². The summed E-state index contributed by atoms with van der Waals surface area (Å²) >= 11 is 3.43. The van der Waals surface area contributed by atoms with Crippen LogP contribution >= 0.6 is 15.9 Å². The highest BCUT2D eigenvalue weighted by Gasteiger charge is 2.06. The van der Waals surface area contributed by atoms with Crippen molar-refractivity contribution in [3.63, 3.8) is 0 Å². The van der Waals surface area contributed by atoms with Crippen LogP contribution in [0.2, 0.25) is 0 Å². The topological polar surface area (TPSA) is 24.9 Å². The maximum absolute atomic E-state index is 4.16. The van der Waals surface area contributed by atoms with E-state index < -0.39 is 0 Å². The number of nitrogens with one attached hydrogen (secondary N) is 1. The Labute approximate surface area is 94.3 Å². The molecule has 0 amide bonds.